The Hall–Kier alpha value is -5.49. The molecular formula is C48H50Cl2FN7O6. The van der Waals surface area contributed by atoms with Crippen molar-refractivity contribution < 1.29 is 28.4 Å². The molecule has 13 nitrogen and oxygen atoms in total. The zero-order valence-electron chi connectivity index (χ0n) is 35.5. The number of benzene rings is 3. The molecule has 3 aliphatic heterocycles. The maximum Gasteiger partial charge on any atom is 0.329 e. The molecule has 3 aromatic carbocycles. The van der Waals surface area contributed by atoms with Crippen molar-refractivity contribution in [1.82, 2.24) is 30.4 Å². The second-order valence-electron chi connectivity index (χ2n) is 18.0. The predicted molar refractivity (Wildman–Crippen MR) is 240 cm³/mol. The number of amides is 5. The Morgan fingerprint density at radius 2 is 1.69 bits per heavy atom. The van der Waals surface area contributed by atoms with Gasteiger partial charge < -0.3 is 16.0 Å². The van der Waals surface area contributed by atoms with Crippen molar-refractivity contribution in [3.05, 3.63) is 97.6 Å². The maximum atomic E-state index is 16.3. The van der Waals surface area contributed by atoms with Crippen molar-refractivity contribution in [3.8, 4) is 11.8 Å². The van der Waals surface area contributed by atoms with Crippen LogP contribution in [0, 0.1) is 23.6 Å². The van der Waals surface area contributed by atoms with Gasteiger partial charge in [-0.05, 0) is 98.9 Å². The summed E-state index contributed by atoms with van der Waals surface area (Å²) in [6.45, 7) is 0.452. The van der Waals surface area contributed by atoms with Gasteiger partial charge in [-0.1, -0.05) is 72.5 Å². The first-order valence-corrected chi connectivity index (χ1v) is 23.0. The van der Waals surface area contributed by atoms with Gasteiger partial charge in [0.2, 0.25) is 29.5 Å². The minimum Gasteiger partial charge on any atom is -0.356 e. The van der Waals surface area contributed by atoms with Gasteiger partial charge in [0.1, 0.15) is 17.3 Å². The summed E-state index contributed by atoms with van der Waals surface area (Å²) in [6.07, 6.45) is 7.87. The number of fused-ring (bicyclic) bond motifs is 4. The van der Waals surface area contributed by atoms with E-state index < -0.39 is 40.7 Å². The third-order valence-corrected chi connectivity index (χ3v) is 14.9. The third kappa shape index (κ3) is 7.49. The second-order valence-corrected chi connectivity index (χ2v) is 18.8. The van der Waals surface area contributed by atoms with Crippen LogP contribution in [0.5, 0.6) is 0 Å². The number of unbranched alkanes of at least 4 members (excludes halogenated alkanes) is 1. The van der Waals surface area contributed by atoms with Gasteiger partial charge in [0.15, 0.2) is 0 Å². The number of nitrogens with one attached hydrogen (secondary N) is 5. The molecule has 4 atom stereocenters. The summed E-state index contributed by atoms with van der Waals surface area (Å²) in [7, 11) is 1.64. The zero-order chi connectivity index (χ0) is 44.9. The lowest BCUT2D eigenvalue weighted by Crippen LogP contribution is -2.60. The highest BCUT2D eigenvalue weighted by Crippen LogP contribution is 2.62. The Balaban J connectivity index is 0.818. The molecule has 16 heteroatoms. The predicted octanol–water partition coefficient (Wildman–Crippen LogP) is 6.04. The third-order valence-electron chi connectivity index (χ3n) is 14.4. The standard InChI is InChI=1S/C48H50Cl2FN7O6/c1-57-37-25-27(12-19-35(37)58(46(57)64)36-20-21-38(59)55-43(36)61)9-4-2-7-24-52-42(60)28-13-16-30(17-14-28)53-44(62)41-39(31-10-8-11-33(50)40(31)51)48(47(56-41)22-5-3-6-23-47)32-18-15-29(49)26-34(32)54-45(48)63/h8,10-12,15,18-19,25-26,28,30,36,39,41,56H,2-3,5-7,13-14,16-17,20-24H2,1H3,(H,52,60)(H,53,62)(H,54,63)(H,55,59,61)/t28-,30-,36?,39-,41+,48+/m0/s1. The number of nitrogens with zero attached hydrogens (tertiary/aromatic N) is 2. The number of imide groups is 1. The molecule has 9 rings (SSSR count). The average Bonchev–Trinajstić information content (AvgIpc) is 3.83. The first-order chi connectivity index (χ1) is 30.8. The van der Waals surface area contributed by atoms with Gasteiger partial charge in [0.05, 0.1) is 22.1 Å². The quantitative estimate of drug-likeness (QED) is 0.0816. The Bertz CT molecular complexity index is 2710. The van der Waals surface area contributed by atoms with Gasteiger partial charge in [-0.3, -0.25) is 43.7 Å². The van der Waals surface area contributed by atoms with Crippen molar-refractivity contribution >= 4 is 69.5 Å². The van der Waals surface area contributed by atoms with Crippen LogP contribution in [0.3, 0.4) is 0 Å². The van der Waals surface area contributed by atoms with Gasteiger partial charge in [-0.15, -0.1) is 0 Å². The SMILES string of the molecule is Cn1c(=O)n(C2CCC(=O)NC2=O)c2ccc(C#CCCCNC(=O)[C@H]3CC[C@H](NC(=O)[C@@H]4NC5(CCCCC5)[C@@]5(C(=O)Nc6cc(Cl)ccc65)[C@H]4c4cccc(Cl)c4F)CC3)cc21. The Morgan fingerprint density at radius 1 is 0.906 bits per heavy atom. The van der Waals surface area contributed by atoms with Crippen LogP contribution in [0.4, 0.5) is 10.1 Å². The molecule has 2 spiro atoms. The smallest absolute Gasteiger partial charge is 0.329 e. The molecular weight excluding hydrogens is 860 g/mol. The monoisotopic (exact) mass is 909 g/mol. The van der Waals surface area contributed by atoms with Crippen LogP contribution in [-0.2, 0) is 36.4 Å². The van der Waals surface area contributed by atoms with Crippen LogP contribution >= 0.6 is 23.2 Å². The molecule has 2 aliphatic carbocycles. The highest BCUT2D eigenvalue weighted by molar-refractivity contribution is 6.31. The topological polar surface area (TPSA) is 172 Å². The molecule has 4 aromatic rings. The lowest BCUT2D eigenvalue weighted by molar-refractivity contribution is -0.136. The van der Waals surface area contributed by atoms with Gasteiger partial charge >= 0.3 is 5.69 Å². The summed E-state index contributed by atoms with van der Waals surface area (Å²) in [5.74, 6) is 3.04. The van der Waals surface area contributed by atoms with E-state index in [9.17, 15) is 28.8 Å². The fourth-order valence-electron chi connectivity index (χ4n) is 11.4. The molecule has 1 aromatic heterocycles. The first-order valence-electron chi connectivity index (χ1n) is 22.3. The summed E-state index contributed by atoms with van der Waals surface area (Å²) in [5, 5.41) is 15.7. The molecule has 5 N–H and O–H groups in total. The van der Waals surface area contributed by atoms with Crippen LogP contribution in [0.1, 0.15) is 112 Å². The van der Waals surface area contributed by atoms with E-state index in [-0.39, 0.29) is 64.7 Å². The van der Waals surface area contributed by atoms with Gasteiger partial charge in [0.25, 0.3) is 0 Å². The van der Waals surface area contributed by atoms with Crippen molar-refractivity contribution in [1.29, 1.82) is 0 Å². The molecule has 0 bridgehead atoms. The number of halogens is 3. The van der Waals surface area contributed by atoms with E-state index in [1.807, 2.05) is 12.1 Å². The second kappa shape index (κ2) is 17.5. The van der Waals surface area contributed by atoms with Gasteiger partial charge in [-0.2, -0.15) is 0 Å². The molecule has 334 valence electrons. The number of imidazole rings is 1. The maximum absolute atomic E-state index is 16.3. The summed E-state index contributed by atoms with van der Waals surface area (Å²) < 4.78 is 19.2. The van der Waals surface area contributed by atoms with Crippen molar-refractivity contribution in [2.24, 2.45) is 13.0 Å². The van der Waals surface area contributed by atoms with E-state index >= 15 is 4.39 Å². The molecule has 2 saturated heterocycles. The molecule has 1 unspecified atom stereocenters. The summed E-state index contributed by atoms with van der Waals surface area (Å²) in [5.41, 5.74) is 0.912. The van der Waals surface area contributed by atoms with E-state index in [1.165, 1.54) is 15.2 Å². The number of carbonyl (C=O) groups excluding carboxylic acids is 5. The van der Waals surface area contributed by atoms with Crippen LogP contribution < -0.4 is 32.3 Å². The molecule has 4 heterocycles. The molecule has 0 radical (unpaired) electrons. The number of hydrogen-bond acceptors (Lipinski definition) is 7. The largest absolute Gasteiger partial charge is 0.356 e. The Labute approximate surface area is 379 Å². The van der Waals surface area contributed by atoms with E-state index in [1.54, 1.807) is 43.4 Å². The van der Waals surface area contributed by atoms with E-state index in [0.29, 0.717) is 90.8 Å². The van der Waals surface area contributed by atoms with Crippen molar-refractivity contribution in [2.45, 2.75) is 118 Å². The number of aromatic nitrogens is 2. The molecule has 5 aliphatic rings. The molecule has 64 heavy (non-hydrogen) atoms. The fourth-order valence-corrected chi connectivity index (χ4v) is 11.7. The molecule has 4 fully saturated rings. The molecule has 5 amide bonds. The van der Waals surface area contributed by atoms with Crippen LogP contribution in [0.25, 0.3) is 11.0 Å². The summed E-state index contributed by atoms with van der Waals surface area (Å²) in [6, 6.07) is 13.5. The highest BCUT2D eigenvalue weighted by Gasteiger charge is 2.72. The zero-order valence-corrected chi connectivity index (χ0v) is 37.0. The Morgan fingerprint density at radius 3 is 2.45 bits per heavy atom. The minimum absolute atomic E-state index is 0.0363. The van der Waals surface area contributed by atoms with Crippen molar-refractivity contribution in [3.63, 3.8) is 0 Å². The van der Waals surface area contributed by atoms with E-state index in [4.69, 9.17) is 23.2 Å². The number of rotatable bonds is 8. The lowest BCUT2D eigenvalue weighted by Gasteiger charge is -2.47. The Kier molecular flexibility index (Phi) is 11.9. The van der Waals surface area contributed by atoms with Gasteiger partial charge in [0, 0.05) is 66.1 Å². The number of piperidine rings is 1. The summed E-state index contributed by atoms with van der Waals surface area (Å²) in [4.78, 5) is 79.8. The number of carbonyl (C=O) groups is 5. The van der Waals surface area contributed by atoms with Crippen molar-refractivity contribution in [2.75, 3.05) is 11.9 Å². The number of anilines is 1. The first kappa shape index (κ1) is 43.7. The fraction of sp³-hybridized carbons (Fsp3) is 0.458. The number of aryl methyl sites for hydroxylation is 1. The number of hydrogen-bond donors (Lipinski definition) is 5. The van der Waals surface area contributed by atoms with Crippen LogP contribution in [0.15, 0.2) is 59.4 Å². The van der Waals surface area contributed by atoms with E-state index in [2.05, 4.69) is 38.4 Å². The lowest BCUT2D eigenvalue weighted by atomic mass is 9.55. The van der Waals surface area contributed by atoms with Gasteiger partial charge in [-0.25, -0.2) is 9.18 Å². The van der Waals surface area contributed by atoms with E-state index in [0.717, 1.165) is 19.3 Å². The van der Waals surface area contributed by atoms with Crippen LogP contribution in [0.2, 0.25) is 10.0 Å². The van der Waals surface area contributed by atoms with Crippen LogP contribution in [-0.4, -0.2) is 62.8 Å². The molecule has 2 saturated carbocycles. The minimum atomic E-state index is -1.31. The normalized spacial score (nSPS) is 26.0. The average molecular weight is 911 g/mol. The summed E-state index contributed by atoms with van der Waals surface area (Å²) >= 11 is 12.8. The highest BCUT2D eigenvalue weighted by atomic mass is 35.5.